The van der Waals surface area contributed by atoms with Crippen molar-refractivity contribution in [3.63, 3.8) is 0 Å². The van der Waals surface area contributed by atoms with E-state index in [1.54, 1.807) is 49.1 Å². The average Bonchev–Trinajstić information content (AvgIpc) is 3.21. The van der Waals surface area contributed by atoms with Crippen molar-refractivity contribution in [2.45, 2.75) is 26.9 Å². The molecule has 0 saturated carbocycles. The molecule has 0 atom stereocenters. The third-order valence-corrected chi connectivity index (χ3v) is 4.08. The Morgan fingerprint density at radius 3 is 2.58 bits per heavy atom. The molecule has 0 aliphatic rings. The SMILES string of the molecule is Cc1nn(Cc2ccc(C(=O)NCc3ccco3)cc2)c(C)c1[N+](=O)[O-]. The van der Waals surface area contributed by atoms with Crippen LogP contribution in [0.1, 0.15) is 33.1 Å². The lowest BCUT2D eigenvalue weighted by Crippen LogP contribution is -2.22. The highest BCUT2D eigenvalue weighted by Gasteiger charge is 2.21. The number of carbonyl (C=O) groups excluding carboxylic acids is 1. The summed E-state index contributed by atoms with van der Waals surface area (Å²) in [7, 11) is 0. The highest BCUT2D eigenvalue weighted by molar-refractivity contribution is 5.94. The van der Waals surface area contributed by atoms with Gasteiger partial charge in [-0.1, -0.05) is 12.1 Å². The van der Waals surface area contributed by atoms with Gasteiger partial charge in [0.15, 0.2) is 0 Å². The third-order valence-electron chi connectivity index (χ3n) is 4.08. The Bertz CT molecular complexity index is 927. The first-order valence-corrected chi connectivity index (χ1v) is 8.03. The monoisotopic (exact) mass is 354 g/mol. The zero-order valence-corrected chi connectivity index (χ0v) is 14.4. The van der Waals surface area contributed by atoms with Crippen LogP contribution in [0.3, 0.4) is 0 Å². The molecule has 3 rings (SSSR count). The maximum absolute atomic E-state index is 12.1. The number of benzene rings is 1. The van der Waals surface area contributed by atoms with Crippen LogP contribution in [-0.2, 0) is 13.1 Å². The van der Waals surface area contributed by atoms with Gasteiger partial charge >= 0.3 is 5.69 Å². The summed E-state index contributed by atoms with van der Waals surface area (Å²) in [6.45, 7) is 4.01. The van der Waals surface area contributed by atoms with E-state index in [4.69, 9.17) is 4.42 Å². The van der Waals surface area contributed by atoms with Crippen LogP contribution in [0.25, 0.3) is 0 Å². The molecule has 0 aliphatic heterocycles. The van der Waals surface area contributed by atoms with E-state index >= 15 is 0 Å². The third kappa shape index (κ3) is 3.64. The molecule has 0 saturated heterocycles. The molecule has 0 fully saturated rings. The molecule has 0 radical (unpaired) electrons. The number of rotatable bonds is 6. The van der Waals surface area contributed by atoms with Gasteiger partial charge in [0.1, 0.15) is 17.1 Å². The molecule has 1 N–H and O–H groups in total. The molecule has 2 heterocycles. The Morgan fingerprint density at radius 1 is 1.27 bits per heavy atom. The minimum atomic E-state index is -0.416. The fourth-order valence-corrected chi connectivity index (χ4v) is 2.72. The van der Waals surface area contributed by atoms with Crippen LogP contribution in [0, 0.1) is 24.0 Å². The number of aryl methyl sites for hydroxylation is 1. The van der Waals surface area contributed by atoms with Gasteiger partial charge < -0.3 is 9.73 Å². The minimum Gasteiger partial charge on any atom is -0.467 e. The topological polar surface area (TPSA) is 103 Å². The number of hydrogen-bond donors (Lipinski definition) is 1. The number of nitro groups is 1. The molecule has 2 aromatic heterocycles. The Hall–Kier alpha value is -3.42. The van der Waals surface area contributed by atoms with Crippen LogP contribution in [0.5, 0.6) is 0 Å². The van der Waals surface area contributed by atoms with Crippen molar-refractivity contribution in [3.8, 4) is 0 Å². The molecule has 3 aromatic rings. The molecule has 0 aliphatic carbocycles. The van der Waals surface area contributed by atoms with Crippen molar-refractivity contribution >= 4 is 11.6 Å². The van der Waals surface area contributed by atoms with Crippen molar-refractivity contribution < 1.29 is 14.1 Å². The predicted molar refractivity (Wildman–Crippen MR) is 93.8 cm³/mol. The summed E-state index contributed by atoms with van der Waals surface area (Å²) in [4.78, 5) is 22.8. The van der Waals surface area contributed by atoms with Gasteiger partial charge in [-0.2, -0.15) is 5.10 Å². The maximum Gasteiger partial charge on any atom is 0.312 e. The summed E-state index contributed by atoms with van der Waals surface area (Å²) in [5, 5.41) is 18.1. The summed E-state index contributed by atoms with van der Waals surface area (Å²) >= 11 is 0. The summed E-state index contributed by atoms with van der Waals surface area (Å²) in [6.07, 6.45) is 1.56. The summed E-state index contributed by atoms with van der Waals surface area (Å²) < 4.78 is 6.77. The highest BCUT2D eigenvalue weighted by Crippen LogP contribution is 2.22. The molecule has 0 unspecified atom stereocenters. The standard InChI is InChI=1S/C18H18N4O4/c1-12-17(22(24)25)13(2)21(20-12)11-14-5-7-15(8-6-14)18(23)19-10-16-4-3-9-26-16/h3-9H,10-11H2,1-2H3,(H,19,23). The second-order valence-electron chi connectivity index (χ2n) is 5.89. The molecule has 1 aromatic carbocycles. The summed E-state index contributed by atoms with van der Waals surface area (Å²) in [5.74, 6) is 0.482. The smallest absolute Gasteiger partial charge is 0.312 e. The fourth-order valence-electron chi connectivity index (χ4n) is 2.72. The van der Waals surface area contributed by atoms with Gasteiger partial charge in [-0.25, -0.2) is 0 Å². The average molecular weight is 354 g/mol. The second-order valence-corrected chi connectivity index (χ2v) is 5.89. The first-order chi connectivity index (χ1) is 12.5. The van der Waals surface area contributed by atoms with Crippen molar-refractivity contribution in [1.82, 2.24) is 15.1 Å². The van der Waals surface area contributed by atoms with Crippen LogP contribution >= 0.6 is 0 Å². The van der Waals surface area contributed by atoms with E-state index in [9.17, 15) is 14.9 Å². The molecule has 0 spiro atoms. The van der Waals surface area contributed by atoms with E-state index in [-0.39, 0.29) is 11.6 Å². The Labute approximate surface area is 149 Å². The van der Waals surface area contributed by atoms with Crippen LogP contribution in [0.15, 0.2) is 47.1 Å². The number of furan rings is 1. The van der Waals surface area contributed by atoms with Gasteiger partial charge in [0, 0.05) is 5.56 Å². The fraction of sp³-hybridized carbons (Fsp3) is 0.222. The quantitative estimate of drug-likeness (QED) is 0.541. The number of nitrogens with zero attached hydrogens (tertiary/aromatic N) is 3. The zero-order chi connectivity index (χ0) is 18.7. The largest absolute Gasteiger partial charge is 0.467 e. The number of hydrogen-bond acceptors (Lipinski definition) is 5. The predicted octanol–water partition coefficient (Wildman–Crippen LogP) is 2.98. The van der Waals surface area contributed by atoms with Gasteiger partial charge in [0.05, 0.1) is 24.3 Å². The molecule has 0 bridgehead atoms. The van der Waals surface area contributed by atoms with Crippen molar-refractivity contribution in [2.24, 2.45) is 0 Å². The molecule has 134 valence electrons. The van der Waals surface area contributed by atoms with Crippen molar-refractivity contribution in [1.29, 1.82) is 0 Å². The molecule has 8 heteroatoms. The lowest BCUT2D eigenvalue weighted by molar-refractivity contribution is -0.386. The van der Waals surface area contributed by atoms with E-state index in [1.165, 1.54) is 0 Å². The van der Waals surface area contributed by atoms with E-state index in [0.717, 1.165) is 5.56 Å². The summed E-state index contributed by atoms with van der Waals surface area (Å²) in [5.41, 5.74) is 2.36. The second kappa shape index (κ2) is 7.22. The van der Waals surface area contributed by atoms with Gasteiger partial charge in [0.25, 0.3) is 5.91 Å². The lowest BCUT2D eigenvalue weighted by atomic mass is 10.1. The van der Waals surface area contributed by atoms with Crippen LogP contribution in [0.2, 0.25) is 0 Å². The molecular weight excluding hydrogens is 336 g/mol. The number of amides is 1. The van der Waals surface area contributed by atoms with Gasteiger partial charge in [-0.15, -0.1) is 0 Å². The minimum absolute atomic E-state index is 0.0407. The van der Waals surface area contributed by atoms with Crippen molar-refractivity contribution in [2.75, 3.05) is 0 Å². The van der Waals surface area contributed by atoms with Crippen LogP contribution in [0.4, 0.5) is 5.69 Å². The molecule has 1 amide bonds. The van der Waals surface area contributed by atoms with Gasteiger partial charge in [-0.3, -0.25) is 19.6 Å². The molecular formula is C18H18N4O4. The van der Waals surface area contributed by atoms with E-state index in [1.807, 2.05) is 12.1 Å². The lowest BCUT2D eigenvalue weighted by Gasteiger charge is -2.06. The Kier molecular flexibility index (Phi) is 4.83. The first kappa shape index (κ1) is 17.4. The first-order valence-electron chi connectivity index (χ1n) is 8.03. The van der Waals surface area contributed by atoms with E-state index in [0.29, 0.717) is 35.8 Å². The number of nitrogens with one attached hydrogen (secondary N) is 1. The zero-order valence-electron chi connectivity index (χ0n) is 14.4. The van der Waals surface area contributed by atoms with Gasteiger partial charge in [-0.05, 0) is 43.7 Å². The summed E-state index contributed by atoms with van der Waals surface area (Å²) in [6, 6.07) is 10.6. The van der Waals surface area contributed by atoms with Crippen LogP contribution < -0.4 is 5.32 Å². The Morgan fingerprint density at radius 2 is 2.00 bits per heavy atom. The van der Waals surface area contributed by atoms with E-state index < -0.39 is 4.92 Å². The van der Waals surface area contributed by atoms with E-state index in [2.05, 4.69) is 10.4 Å². The van der Waals surface area contributed by atoms with Crippen LogP contribution in [-0.4, -0.2) is 20.6 Å². The van der Waals surface area contributed by atoms with Crippen molar-refractivity contribution in [3.05, 3.63) is 81.1 Å². The maximum atomic E-state index is 12.1. The number of carbonyl (C=O) groups is 1. The van der Waals surface area contributed by atoms with Gasteiger partial charge in [0.2, 0.25) is 0 Å². The normalized spacial score (nSPS) is 10.7. The number of aromatic nitrogens is 2. The molecule has 8 nitrogen and oxygen atoms in total. The highest BCUT2D eigenvalue weighted by atomic mass is 16.6. The molecule has 26 heavy (non-hydrogen) atoms. The Balaban J connectivity index is 1.67.